The predicted octanol–water partition coefficient (Wildman–Crippen LogP) is 2.48. The minimum atomic E-state index is -0.974. The molecule has 2 aromatic carbocycles. The predicted molar refractivity (Wildman–Crippen MR) is 106 cm³/mol. The number of thioether (sulfide) groups is 1. The molecule has 2 aromatic rings. The van der Waals surface area contributed by atoms with Gasteiger partial charge in [-0.25, -0.2) is 4.79 Å². The lowest BCUT2D eigenvalue weighted by molar-refractivity contribution is -0.135. The normalized spacial score (nSPS) is 18.6. The van der Waals surface area contributed by atoms with E-state index < -0.39 is 12.0 Å². The maximum absolute atomic E-state index is 13.2. The fourth-order valence-corrected chi connectivity index (χ4v) is 4.83. The first-order valence-electron chi connectivity index (χ1n) is 9.12. The number of amides is 2. The van der Waals surface area contributed by atoms with E-state index in [0.717, 1.165) is 11.1 Å². The lowest BCUT2D eigenvalue weighted by atomic mass is 9.97. The molecule has 0 bridgehead atoms. The Balaban J connectivity index is 1.52. The number of carboxylic acids is 1. The van der Waals surface area contributed by atoms with Crippen molar-refractivity contribution in [1.82, 2.24) is 9.80 Å². The minimum Gasteiger partial charge on any atom is -0.478 e. The third kappa shape index (κ3) is 3.49. The standard InChI is InChI=1S/C21H20N2O4S/c24-19(15-4-2-1-3-5-15)23-13-28-12-18(23)20(25)22-9-8-14-6-7-16(21(26)27)10-17(14)11-22/h1-7,10,18H,8-9,11-13H2,(H,26,27). The zero-order valence-corrected chi connectivity index (χ0v) is 16.0. The van der Waals surface area contributed by atoms with E-state index >= 15 is 0 Å². The van der Waals surface area contributed by atoms with E-state index in [4.69, 9.17) is 0 Å². The van der Waals surface area contributed by atoms with E-state index in [1.54, 1.807) is 45.8 Å². The van der Waals surface area contributed by atoms with Crippen molar-refractivity contribution in [3.05, 3.63) is 70.8 Å². The van der Waals surface area contributed by atoms with Crippen LogP contribution in [0.1, 0.15) is 31.8 Å². The molecule has 2 aliphatic heterocycles. The summed E-state index contributed by atoms with van der Waals surface area (Å²) in [5, 5.41) is 9.21. The molecule has 4 rings (SSSR count). The summed E-state index contributed by atoms with van der Waals surface area (Å²) in [5.74, 6) is -0.0959. The van der Waals surface area contributed by atoms with Crippen LogP contribution in [0.3, 0.4) is 0 Å². The number of carbonyl (C=O) groups excluding carboxylic acids is 2. The summed E-state index contributed by atoms with van der Waals surface area (Å²) < 4.78 is 0. The molecule has 0 aliphatic carbocycles. The number of hydrogen-bond donors (Lipinski definition) is 1. The largest absolute Gasteiger partial charge is 0.478 e. The van der Waals surface area contributed by atoms with Gasteiger partial charge >= 0.3 is 5.97 Å². The van der Waals surface area contributed by atoms with Gasteiger partial charge in [0.1, 0.15) is 6.04 Å². The summed E-state index contributed by atoms with van der Waals surface area (Å²) in [6.45, 7) is 0.955. The minimum absolute atomic E-state index is 0.0688. The molecule has 1 fully saturated rings. The highest BCUT2D eigenvalue weighted by atomic mass is 32.2. The Morgan fingerprint density at radius 1 is 1.00 bits per heavy atom. The second-order valence-corrected chi connectivity index (χ2v) is 7.95. The van der Waals surface area contributed by atoms with Crippen LogP contribution in [0.15, 0.2) is 48.5 Å². The molecule has 0 saturated carbocycles. The number of fused-ring (bicyclic) bond motifs is 1. The van der Waals surface area contributed by atoms with Crippen LogP contribution in [0, 0.1) is 0 Å². The summed E-state index contributed by atoms with van der Waals surface area (Å²) in [5.41, 5.74) is 2.75. The molecule has 0 radical (unpaired) electrons. The van der Waals surface area contributed by atoms with Gasteiger partial charge in [0.2, 0.25) is 5.91 Å². The van der Waals surface area contributed by atoms with Crippen LogP contribution in [0.5, 0.6) is 0 Å². The van der Waals surface area contributed by atoms with Crippen molar-refractivity contribution in [1.29, 1.82) is 0 Å². The molecule has 7 heteroatoms. The number of aromatic carboxylic acids is 1. The van der Waals surface area contributed by atoms with E-state index in [1.807, 2.05) is 24.3 Å². The van der Waals surface area contributed by atoms with E-state index in [2.05, 4.69) is 0 Å². The molecular weight excluding hydrogens is 376 g/mol. The molecule has 1 N–H and O–H groups in total. The van der Waals surface area contributed by atoms with Crippen LogP contribution in [0.25, 0.3) is 0 Å². The average molecular weight is 396 g/mol. The third-order valence-electron chi connectivity index (χ3n) is 5.23. The maximum atomic E-state index is 13.2. The number of hydrogen-bond acceptors (Lipinski definition) is 4. The van der Waals surface area contributed by atoms with Gasteiger partial charge in [-0.2, -0.15) is 0 Å². The van der Waals surface area contributed by atoms with Crippen LogP contribution in [-0.4, -0.2) is 56.9 Å². The first-order chi connectivity index (χ1) is 13.5. The van der Waals surface area contributed by atoms with Crippen LogP contribution < -0.4 is 0 Å². The van der Waals surface area contributed by atoms with Gasteiger partial charge in [0.15, 0.2) is 0 Å². The van der Waals surface area contributed by atoms with Crippen molar-refractivity contribution in [2.45, 2.75) is 19.0 Å². The summed E-state index contributed by atoms with van der Waals surface area (Å²) in [4.78, 5) is 40.6. The van der Waals surface area contributed by atoms with E-state index in [0.29, 0.717) is 36.7 Å². The van der Waals surface area contributed by atoms with Gasteiger partial charge in [0.25, 0.3) is 5.91 Å². The highest BCUT2D eigenvalue weighted by molar-refractivity contribution is 7.99. The Morgan fingerprint density at radius 3 is 2.54 bits per heavy atom. The summed E-state index contributed by atoms with van der Waals surface area (Å²) in [6.07, 6.45) is 0.688. The van der Waals surface area contributed by atoms with Gasteiger partial charge in [-0.15, -0.1) is 11.8 Å². The Labute approximate surface area is 167 Å². The molecule has 144 valence electrons. The average Bonchev–Trinajstić information content (AvgIpc) is 3.22. The topological polar surface area (TPSA) is 77.9 Å². The summed E-state index contributed by atoms with van der Waals surface area (Å²) >= 11 is 1.58. The Morgan fingerprint density at radius 2 is 1.79 bits per heavy atom. The van der Waals surface area contributed by atoms with Gasteiger partial charge in [-0.05, 0) is 41.8 Å². The van der Waals surface area contributed by atoms with Crippen molar-refractivity contribution < 1.29 is 19.5 Å². The zero-order valence-electron chi connectivity index (χ0n) is 15.2. The number of nitrogens with zero attached hydrogens (tertiary/aromatic N) is 2. The molecule has 2 amide bonds. The van der Waals surface area contributed by atoms with Gasteiger partial charge in [0.05, 0.1) is 11.4 Å². The van der Waals surface area contributed by atoms with Gasteiger partial charge in [0, 0.05) is 24.4 Å². The van der Waals surface area contributed by atoms with E-state index in [9.17, 15) is 19.5 Å². The number of carbonyl (C=O) groups is 3. The SMILES string of the molecule is O=C(O)c1ccc2c(c1)CN(C(=O)C1CSCN1C(=O)c1ccccc1)CC2. The summed E-state index contributed by atoms with van der Waals surface area (Å²) in [7, 11) is 0. The molecule has 0 aromatic heterocycles. The number of carboxylic acid groups (broad SMARTS) is 1. The van der Waals surface area contributed by atoms with Gasteiger partial charge < -0.3 is 14.9 Å². The van der Waals surface area contributed by atoms with Gasteiger partial charge in [-0.1, -0.05) is 24.3 Å². The molecule has 2 aliphatic rings. The first kappa shape index (κ1) is 18.6. The Kier molecular flexibility index (Phi) is 5.09. The molecule has 2 heterocycles. The maximum Gasteiger partial charge on any atom is 0.335 e. The van der Waals surface area contributed by atoms with Gasteiger partial charge in [-0.3, -0.25) is 9.59 Å². The smallest absolute Gasteiger partial charge is 0.335 e. The highest BCUT2D eigenvalue weighted by Gasteiger charge is 2.38. The molecule has 1 unspecified atom stereocenters. The van der Waals surface area contributed by atoms with Crippen LogP contribution in [0.2, 0.25) is 0 Å². The molecule has 1 saturated heterocycles. The third-order valence-corrected chi connectivity index (χ3v) is 6.24. The van der Waals surface area contributed by atoms with E-state index in [-0.39, 0.29) is 17.4 Å². The van der Waals surface area contributed by atoms with Crippen LogP contribution >= 0.6 is 11.8 Å². The fourth-order valence-electron chi connectivity index (χ4n) is 3.68. The van der Waals surface area contributed by atoms with Crippen molar-refractivity contribution in [3.8, 4) is 0 Å². The fraction of sp³-hybridized carbons (Fsp3) is 0.286. The van der Waals surface area contributed by atoms with Crippen molar-refractivity contribution in [3.63, 3.8) is 0 Å². The zero-order chi connectivity index (χ0) is 19.7. The molecule has 1 atom stereocenters. The lowest BCUT2D eigenvalue weighted by Gasteiger charge is -2.33. The summed E-state index contributed by atoms with van der Waals surface area (Å²) in [6, 6.07) is 13.6. The molecule has 0 spiro atoms. The monoisotopic (exact) mass is 396 g/mol. The lowest BCUT2D eigenvalue weighted by Crippen LogP contribution is -2.50. The molecule has 28 heavy (non-hydrogen) atoms. The second-order valence-electron chi connectivity index (χ2n) is 6.96. The Hall–Kier alpha value is -2.80. The van der Waals surface area contributed by atoms with Crippen molar-refractivity contribution in [2.24, 2.45) is 0 Å². The Bertz CT molecular complexity index is 931. The van der Waals surface area contributed by atoms with Crippen LogP contribution in [-0.2, 0) is 17.8 Å². The first-order valence-corrected chi connectivity index (χ1v) is 10.3. The quantitative estimate of drug-likeness (QED) is 0.863. The second kappa shape index (κ2) is 7.67. The highest BCUT2D eigenvalue weighted by Crippen LogP contribution is 2.27. The number of benzene rings is 2. The molecular formula is C21H20N2O4S. The number of rotatable bonds is 3. The van der Waals surface area contributed by atoms with Crippen molar-refractivity contribution >= 4 is 29.5 Å². The van der Waals surface area contributed by atoms with Crippen LogP contribution in [0.4, 0.5) is 0 Å². The van der Waals surface area contributed by atoms with Crippen molar-refractivity contribution in [2.75, 3.05) is 18.2 Å². The molecule has 6 nitrogen and oxygen atoms in total. The van der Waals surface area contributed by atoms with E-state index in [1.165, 1.54) is 0 Å².